The molecule has 20 heavy (non-hydrogen) atoms. The normalized spacial score (nSPS) is 19.0. The molecule has 1 amide bonds. The number of hydrogen-bond acceptors (Lipinski definition) is 4. The Balaban J connectivity index is 0.00000200. The summed E-state index contributed by atoms with van der Waals surface area (Å²) in [4.78, 5) is 14.2. The number of ether oxygens (including phenoxy) is 1. The van der Waals surface area contributed by atoms with Gasteiger partial charge in [-0.3, -0.25) is 9.69 Å². The number of rotatable bonds is 4. The fourth-order valence-corrected chi connectivity index (χ4v) is 2.30. The van der Waals surface area contributed by atoms with Gasteiger partial charge in [-0.2, -0.15) is 0 Å². The second-order valence-electron chi connectivity index (χ2n) is 4.84. The number of amides is 1. The van der Waals surface area contributed by atoms with Gasteiger partial charge in [0.1, 0.15) is 5.75 Å². The Morgan fingerprint density at radius 1 is 1.50 bits per heavy atom. The quantitative estimate of drug-likeness (QED) is 0.881. The number of halogens is 1. The van der Waals surface area contributed by atoms with Crippen LogP contribution in [0.5, 0.6) is 5.75 Å². The monoisotopic (exact) mass is 299 g/mol. The molecule has 0 bridgehead atoms. The number of para-hydroxylation sites is 2. The molecule has 1 aliphatic rings. The molecular weight excluding hydrogens is 278 g/mol. The number of carbonyl (C=O) groups excluding carboxylic acids is 1. The third-order valence-electron chi connectivity index (χ3n) is 3.20. The number of methoxy groups -OCH3 is 1. The zero-order valence-corrected chi connectivity index (χ0v) is 12.7. The lowest BCUT2D eigenvalue weighted by Crippen LogP contribution is -2.51. The van der Waals surface area contributed by atoms with Crippen molar-refractivity contribution in [1.82, 2.24) is 10.2 Å². The van der Waals surface area contributed by atoms with Gasteiger partial charge >= 0.3 is 0 Å². The van der Waals surface area contributed by atoms with Crippen molar-refractivity contribution >= 4 is 24.0 Å². The van der Waals surface area contributed by atoms with Crippen LogP contribution in [0.15, 0.2) is 24.3 Å². The van der Waals surface area contributed by atoms with E-state index >= 15 is 0 Å². The van der Waals surface area contributed by atoms with E-state index in [2.05, 4.69) is 22.5 Å². The Hall–Kier alpha value is -1.30. The summed E-state index contributed by atoms with van der Waals surface area (Å²) in [5.74, 6) is 0.683. The van der Waals surface area contributed by atoms with Crippen molar-refractivity contribution in [1.29, 1.82) is 0 Å². The largest absolute Gasteiger partial charge is 0.495 e. The Kier molecular flexibility index (Phi) is 6.78. The van der Waals surface area contributed by atoms with E-state index < -0.39 is 0 Å². The zero-order chi connectivity index (χ0) is 13.7. The maximum absolute atomic E-state index is 12.0. The molecule has 112 valence electrons. The van der Waals surface area contributed by atoms with Gasteiger partial charge in [0, 0.05) is 25.7 Å². The number of anilines is 1. The molecule has 5 nitrogen and oxygen atoms in total. The molecule has 0 aromatic heterocycles. The molecule has 1 heterocycles. The Bertz CT molecular complexity index is 442. The van der Waals surface area contributed by atoms with Crippen LogP contribution < -0.4 is 15.4 Å². The predicted molar refractivity (Wildman–Crippen MR) is 82.8 cm³/mol. The average molecular weight is 300 g/mol. The van der Waals surface area contributed by atoms with E-state index in [1.165, 1.54) is 0 Å². The van der Waals surface area contributed by atoms with Crippen LogP contribution in [0.4, 0.5) is 5.69 Å². The van der Waals surface area contributed by atoms with Crippen molar-refractivity contribution in [3.63, 3.8) is 0 Å². The topological polar surface area (TPSA) is 53.6 Å². The second-order valence-corrected chi connectivity index (χ2v) is 4.84. The molecule has 0 spiro atoms. The zero-order valence-electron chi connectivity index (χ0n) is 11.9. The molecule has 0 aliphatic carbocycles. The third-order valence-corrected chi connectivity index (χ3v) is 3.20. The maximum atomic E-state index is 12.0. The molecule has 1 saturated heterocycles. The number of hydrogen-bond donors (Lipinski definition) is 2. The van der Waals surface area contributed by atoms with Crippen LogP contribution in [0.1, 0.15) is 6.92 Å². The molecule has 6 heteroatoms. The van der Waals surface area contributed by atoms with Gasteiger partial charge in [-0.05, 0) is 19.1 Å². The van der Waals surface area contributed by atoms with Gasteiger partial charge in [0.2, 0.25) is 5.91 Å². The van der Waals surface area contributed by atoms with E-state index in [4.69, 9.17) is 4.74 Å². The van der Waals surface area contributed by atoms with Crippen molar-refractivity contribution in [3.8, 4) is 5.75 Å². The Labute approximate surface area is 126 Å². The molecular formula is C14H22ClN3O2. The number of piperazine rings is 1. The summed E-state index contributed by atoms with van der Waals surface area (Å²) in [5, 5.41) is 6.26. The first-order valence-electron chi connectivity index (χ1n) is 6.57. The molecule has 0 radical (unpaired) electrons. The van der Waals surface area contributed by atoms with Gasteiger partial charge < -0.3 is 15.4 Å². The van der Waals surface area contributed by atoms with Gasteiger partial charge in [-0.25, -0.2) is 0 Å². The van der Waals surface area contributed by atoms with E-state index in [-0.39, 0.29) is 18.3 Å². The Morgan fingerprint density at radius 2 is 2.25 bits per heavy atom. The highest BCUT2D eigenvalue weighted by Gasteiger charge is 2.18. The van der Waals surface area contributed by atoms with Crippen LogP contribution in [-0.4, -0.2) is 50.1 Å². The minimum atomic E-state index is -0.00130. The van der Waals surface area contributed by atoms with Crippen molar-refractivity contribution in [2.24, 2.45) is 0 Å². The van der Waals surface area contributed by atoms with E-state index in [1.807, 2.05) is 24.3 Å². The van der Waals surface area contributed by atoms with Crippen molar-refractivity contribution in [2.75, 3.05) is 38.6 Å². The predicted octanol–water partition coefficient (Wildman–Crippen LogP) is 1.35. The van der Waals surface area contributed by atoms with E-state index in [1.54, 1.807) is 7.11 Å². The molecule has 1 fully saturated rings. The minimum absolute atomic E-state index is 0. The molecule has 2 N–H and O–H groups in total. The van der Waals surface area contributed by atoms with Crippen LogP contribution in [0.2, 0.25) is 0 Å². The standard InChI is InChI=1S/C14H21N3O2.ClH/c1-11-9-17(8-7-15-11)10-14(18)16-12-5-3-4-6-13(12)19-2;/h3-6,11,15H,7-10H2,1-2H3,(H,16,18);1H. The van der Waals surface area contributed by atoms with Gasteiger partial charge in [-0.15, -0.1) is 12.4 Å². The average Bonchev–Trinajstić information content (AvgIpc) is 2.39. The molecule has 2 rings (SSSR count). The van der Waals surface area contributed by atoms with E-state index in [9.17, 15) is 4.79 Å². The summed E-state index contributed by atoms with van der Waals surface area (Å²) in [5.41, 5.74) is 0.721. The molecule has 1 aromatic rings. The number of nitrogens with zero attached hydrogens (tertiary/aromatic N) is 1. The summed E-state index contributed by atoms with van der Waals surface area (Å²) >= 11 is 0. The highest BCUT2D eigenvalue weighted by molar-refractivity contribution is 5.93. The minimum Gasteiger partial charge on any atom is -0.495 e. The molecule has 1 unspecified atom stereocenters. The number of carbonyl (C=O) groups is 1. The van der Waals surface area contributed by atoms with Crippen LogP contribution in [0, 0.1) is 0 Å². The van der Waals surface area contributed by atoms with Crippen LogP contribution in [0.25, 0.3) is 0 Å². The summed E-state index contributed by atoms with van der Waals surface area (Å²) in [6.07, 6.45) is 0. The lowest BCUT2D eigenvalue weighted by atomic mass is 10.2. The summed E-state index contributed by atoms with van der Waals surface area (Å²) in [7, 11) is 1.60. The fraction of sp³-hybridized carbons (Fsp3) is 0.500. The first-order valence-corrected chi connectivity index (χ1v) is 6.57. The maximum Gasteiger partial charge on any atom is 0.238 e. The second kappa shape index (κ2) is 8.09. The lowest BCUT2D eigenvalue weighted by molar-refractivity contribution is -0.117. The van der Waals surface area contributed by atoms with Crippen molar-refractivity contribution in [2.45, 2.75) is 13.0 Å². The number of benzene rings is 1. The summed E-state index contributed by atoms with van der Waals surface area (Å²) in [6, 6.07) is 7.88. The smallest absolute Gasteiger partial charge is 0.238 e. The first-order chi connectivity index (χ1) is 9.19. The van der Waals surface area contributed by atoms with E-state index in [0.29, 0.717) is 18.3 Å². The molecule has 1 atom stereocenters. The van der Waals surface area contributed by atoms with Crippen LogP contribution >= 0.6 is 12.4 Å². The van der Waals surface area contributed by atoms with Crippen LogP contribution in [-0.2, 0) is 4.79 Å². The molecule has 1 aromatic carbocycles. The highest BCUT2D eigenvalue weighted by Crippen LogP contribution is 2.22. The first kappa shape index (κ1) is 16.8. The van der Waals surface area contributed by atoms with Gasteiger partial charge in [0.25, 0.3) is 0 Å². The van der Waals surface area contributed by atoms with Gasteiger partial charge in [0.05, 0.1) is 19.3 Å². The highest BCUT2D eigenvalue weighted by atomic mass is 35.5. The van der Waals surface area contributed by atoms with Gasteiger partial charge in [0.15, 0.2) is 0 Å². The SMILES string of the molecule is COc1ccccc1NC(=O)CN1CCNC(C)C1.Cl. The van der Waals surface area contributed by atoms with Crippen molar-refractivity contribution in [3.05, 3.63) is 24.3 Å². The Morgan fingerprint density at radius 3 is 2.95 bits per heavy atom. The van der Waals surface area contributed by atoms with E-state index in [0.717, 1.165) is 25.3 Å². The molecule has 0 saturated carbocycles. The van der Waals surface area contributed by atoms with Gasteiger partial charge in [-0.1, -0.05) is 12.1 Å². The fourth-order valence-electron chi connectivity index (χ4n) is 2.30. The summed E-state index contributed by atoms with van der Waals surface area (Å²) < 4.78 is 5.21. The number of nitrogens with one attached hydrogen (secondary N) is 2. The summed E-state index contributed by atoms with van der Waals surface area (Å²) in [6.45, 7) is 5.29. The van der Waals surface area contributed by atoms with Crippen LogP contribution in [0.3, 0.4) is 0 Å². The van der Waals surface area contributed by atoms with Crippen molar-refractivity contribution < 1.29 is 9.53 Å². The molecule has 1 aliphatic heterocycles. The third kappa shape index (κ3) is 4.67. The lowest BCUT2D eigenvalue weighted by Gasteiger charge is -2.31.